The van der Waals surface area contributed by atoms with Gasteiger partial charge in [-0.25, -0.2) is 0 Å². The topological polar surface area (TPSA) is 69.9 Å². The van der Waals surface area contributed by atoms with E-state index in [1.165, 1.54) is 0 Å². The van der Waals surface area contributed by atoms with E-state index in [1.54, 1.807) is 6.92 Å². The van der Waals surface area contributed by atoms with E-state index >= 15 is 0 Å². The van der Waals surface area contributed by atoms with Crippen LogP contribution in [0.4, 0.5) is 0 Å². The molecule has 0 aliphatic carbocycles. The van der Waals surface area contributed by atoms with Gasteiger partial charge in [-0.2, -0.15) is 0 Å². The molecule has 3 N–H and O–H groups in total. The zero-order valence-corrected chi connectivity index (χ0v) is 5.77. The van der Waals surface area contributed by atoms with Crippen molar-refractivity contribution < 1.29 is 20.1 Å². The highest BCUT2D eigenvalue weighted by Crippen LogP contribution is 2.14. The normalized spacial score (nSPS) is 49.2. The first-order chi connectivity index (χ1) is 4.63. The first-order valence-corrected chi connectivity index (χ1v) is 3.28. The van der Waals surface area contributed by atoms with Gasteiger partial charge in [-0.1, -0.05) is 0 Å². The minimum absolute atomic E-state index is 0.0966. The number of ether oxygens (including phenoxy) is 1. The maximum Gasteiger partial charge on any atom is 0.110 e. The van der Waals surface area contributed by atoms with Crippen LogP contribution in [0.15, 0.2) is 0 Å². The van der Waals surface area contributed by atoms with Gasteiger partial charge in [0.05, 0.1) is 12.7 Å². The van der Waals surface area contributed by atoms with Crippen molar-refractivity contribution in [2.75, 3.05) is 6.61 Å². The molecule has 1 fully saturated rings. The van der Waals surface area contributed by atoms with Gasteiger partial charge in [-0.15, -0.1) is 0 Å². The molecule has 0 aromatic carbocycles. The molecule has 4 atom stereocenters. The number of hydrogen-bond acceptors (Lipinski definition) is 4. The third-order valence-corrected chi connectivity index (χ3v) is 1.75. The molecule has 4 heteroatoms. The van der Waals surface area contributed by atoms with E-state index in [2.05, 4.69) is 0 Å². The number of rotatable bonds is 0. The summed E-state index contributed by atoms with van der Waals surface area (Å²) in [5.74, 6) is 0. The summed E-state index contributed by atoms with van der Waals surface area (Å²) in [7, 11) is 0. The molecule has 0 amide bonds. The van der Waals surface area contributed by atoms with Crippen LogP contribution in [0.25, 0.3) is 0 Å². The number of aliphatic hydroxyl groups is 3. The molecule has 0 radical (unpaired) electrons. The van der Waals surface area contributed by atoms with E-state index in [0.717, 1.165) is 0 Å². The second kappa shape index (κ2) is 2.84. The minimum Gasteiger partial charge on any atom is -0.388 e. The van der Waals surface area contributed by atoms with E-state index in [4.69, 9.17) is 20.1 Å². The Morgan fingerprint density at radius 1 is 1.20 bits per heavy atom. The molecule has 0 saturated carbocycles. The predicted molar refractivity (Wildman–Crippen MR) is 33.4 cm³/mol. The van der Waals surface area contributed by atoms with Crippen molar-refractivity contribution in [3.8, 4) is 0 Å². The summed E-state index contributed by atoms with van der Waals surface area (Å²) in [6, 6.07) is 0. The second-order valence-corrected chi connectivity index (χ2v) is 2.59. The summed E-state index contributed by atoms with van der Waals surface area (Å²) < 4.78 is 4.91. The van der Waals surface area contributed by atoms with Crippen molar-refractivity contribution in [2.45, 2.75) is 31.3 Å². The molecule has 1 rings (SSSR count). The molecule has 0 aromatic heterocycles. The van der Waals surface area contributed by atoms with Gasteiger partial charge in [0.2, 0.25) is 0 Å². The molecule has 3 unspecified atom stereocenters. The van der Waals surface area contributed by atoms with Crippen LogP contribution in [-0.2, 0) is 4.74 Å². The van der Waals surface area contributed by atoms with Crippen molar-refractivity contribution in [3.05, 3.63) is 0 Å². The van der Waals surface area contributed by atoms with Gasteiger partial charge < -0.3 is 20.1 Å². The smallest absolute Gasteiger partial charge is 0.110 e. The first-order valence-electron chi connectivity index (χ1n) is 3.28. The Labute approximate surface area is 59.1 Å². The Kier molecular flexibility index (Phi) is 2.25. The highest BCUT2D eigenvalue weighted by atomic mass is 16.5. The summed E-state index contributed by atoms with van der Waals surface area (Å²) in [5.41, 5.74) is 0. The summed E-state index contributed by atoms with van der Waals surface area (Å²) in [6.07, 6.45) is -3.38. The Balaban J connectivity index is 2.52. The van der Waals surface area contributed by atoms with Crippen LogP contribution < -0.4 is 0 Å². The molecule has 4 nitrogen and oxygen atoms in total. The van der Waals surface area contributed by atoms with Crippen molar-refractivity contribution in [3.63, 3.8) is 0 Å². The summed E-state index contributed by atoms with van der Waals surface area (Å²) in [5, 5.41) is 27.0. The largest absolute Gasteiger partial charge is 0.388 e. The lowest BCUT2D eigenvalue weighted by molar-refractivity contribution is -0.181. The molecule has 1 heterocycles. The Morgan fingerprint density at radius 2 is 1.80 bits per heavy atom. The fraction of sp³-hybridized carbons (Fsp3) is 1.00. The molecular weight excluding hydrogens is 136 g/mol. The molecule has 60 valence electrons. The van der Waals surface area contributed by atoms with Gasteiger partial charge in [0, 0.05) is 0 Å². The zero-order valence-electron chi connectivity index (χ0n) is 5.77. The van der Waals surface area contributed by atoms with Gasteiger partial charge in [0.1, 0.15) is 18.3 Å². The van der Waals surface area contributed by atoms with Crippen LogP contribution >= 0.6 is 0 Å². The average Bonchev–Trinajstić information content (AvgIpc) is 1.93. The molecule has 0 spiro atoms. The fourth-order valence-corrected chi connectivity index (χ4v) is 0.953. The molecule has 1 aliphatic heterocycles. The standard InChI is InChI=1S/C6H12O4/c1-3-5(8)6(9)4(7)2-10-3/h3-9H,2H2,1H3/t3?,4-,5?,6?/m0/s1. The third-order valence-electron chi connectivity index (χ3n) is 1.75. The van der Waals surface area contributed by atoms with Crippen molar-refractivity contribution >= 4 is 0 Å². The van der Waals surface area contributed by atoms with Crippen molar-refractivity contribution in [1.29, 1.82) is 0 Å². The summed E-state index contributed by atoms with van der Waals surface area (Å²) >= 11 is 0. The van der Waals surface area contributed by atoms with E-state index < -0.39 is 24.4 Å². The van der Waals surface area contributed by atoms with E-state index in [9.17, 15) is 0 Å². The molecule has 10 heavy (non-hydrogen) atoms. The number of aliphatic hydroxyl groups excluding tert-OH is 3. The van der Waals surface area contributed by atoms with E-state index in [-0.39, 0.29) is 6.61 Å². The monoisotopic (exact) mass is 148 g/mol. The summed E-state index contributed by atoms with van der Waals surface area (Å²) in [6.45, 7) is 1.75. The quantitative estimate of drug-likeness (QED) is 0.390. The minimum atomic E-state index is -1.07. The summed E-state index contributed by atoms with van der Waals surface area (Å²) in [4.78, 5) is 0. The van der Waals surface area contributed by atoms with Crippen LogP contribution in [0.2, 0.25) is 0 Å². The Morgan fingerprint density at radius 3 is 2.30 bits per heavy atom. The van der Waals surface area contributed by atoms with Crippen LogP contribution in [0.3, 0.4) is 0 Å². The molecule has 0 bridgehead atoms. The fourth-order valence-electron chi connectivity index (χ4n) is 0.953. The lowest BCUT2D eigenvalue weighted by Gasteiger charge is -2.33. The highest BCUT2D eigenvalue weighted by Gasteiger charge is 2.34. The molecule has 1 saturated heterocycles. The molecular formula is C6H12O4. The van der Waals surface area contributed by atoms with E-state index in [0.29, 0.717) is 0 Å². The van der Waals surface area contributed by atoms with Crippen LogP contribution in [0.1, 0.15) is 6.92 Å². The first kappa shape index (κ1) is 7.94. The van der Waals surface area contributed by atoms with Crippen molar-refractivity contribution in [1.82, 2.24) is 0 Å². The van der Waals surface area contributed by atoms with E-state index in [1.807, 2.05) is 0 Å². The maximum atomic E-state index is 9.08. The Hall–Kier alpha value is -0.160. The third kappa shape index (κ3) is 1.29. The second-order valence-electron chi connectivity index (χ2n) is 2.59. The van der Waals surface area contributed by atoms with Crippen LogP contribution in [-0.4, -0.2) is 46.3 Å². The highest BCUT2D eigenvalue weighted by molar-refractivity contribution is 4.83. The van der Waals surface area contributed by atoms with Gasteiger partial charge in [-0.3, -0.25) is 0 Å². The van der Waals surface area contributed by atoms with Gasteiger partial charge in [-0.05, 0) is 6.92 Å². The lowest BCUT2D eigenvalue weighted by Crippen LogP contribution is -2.51. The van der Waals surface area contributed by atoms with Gasteiger partial charge in [0.15, 0.2) is 0 Å². The lowest BCUT2D eigenvalue weighted by atomic mass is 10.0. The molecule has 0 aromatic rings. The van der Waals surface area contributed by atoms with Crippen LogP contribution in [0, 0.1) is 0 Å². The maximum absolute atomic E-state index is 9.08. The zero-order chi connectivity index (χ0) is 7.72. The van der Waals surface area contributed by atoms with Gasteiger partial charge >= 0.3 is 0 Å². The van der Waals surface area contributed by atoms with Crippen molar-refractivity contribution in [2.24, 2.45) is 0 Å². The van der Waals surface area contributed by atoms with Gasteiger partial charge in [0.25, 0.3) is 0 Å². The predicted octanol–water partition coefficient (Wildman–Crippen LogP) is -1.51. The SMILES string of the molecule is CC1OC[C@H](O)C(O)C1O. The van der Waals surface area contributed by atoms with Crippen LogP contribution in [0.5, 0.6) is 0 Å². The number of hydrogen-bond donors (Lipinski definition) is 3. The average molecular weight is 148 g/mol. The Bertz CT molecular complexity index is 102. The molecule has 1 aliphatic rings.